The molecule has 0 aromatic heterocycles. The normalized spacial score (nSPS) is 9.79. The first-order chi connectivity index (χ1) is 6.58. The molecule has 0 radical (unpaired) electrons. The molecule has 0 aliphatic heterocycles. The molecule has 0 spiro atoms. The maximum atomic E-state index is 3.17. The van der Waals surface area contributed by atoms with E-state index in [-0.39, 0.29) is 0 Å². The standard InChI is InChI=1S/C13H17N/c1-11-8-12(2)10-13(9-11)6-5-7-14(3)4/h8-10H,7H2,1-4H3. The second kappa shape index (κ2) is 4.83. The van der Waals surface area contributed by atoms with Gasteiger partial charge in [-0.2, -0.15) is 0 Å². The van der Waals surface area contributed by atoms with Gasteiger partial charge < -0.3 is 0 Å². The van der Waals surface area contributed by atoms with Gasteiger partial charge in [0.25, 0.3) is 0 Å². The van der Waals surface area contributed by atoms with Crippen LogP contribution in [-0.4, -0.2) is 25.5 Å². The summed E-state index contributed by atoms with van der Waals surface area (Å²) < 4.78 is 0. The van der Waals surface area contributed by atoms with E-state index in [1.807, 2.05) is 14.1 Å². The summed E-state index contributed by atoms with van der Waals surface area (Å²) >= 11 is 0. The predicted octanol–water partition coefficient (Wildman–Crippen LogP) is 2.22. The molecule has 1 nitrogen and oxygen atoms in total. The van der Waals surface area contributed by atoms with E-state index in [2.05, 4.69) is 48.8 Å². The topological polar surface area (TPSA) is 3.24 Å². The van der Waals surface area contributed by atoms with Crippen LogP contribution in [0.4, 0.5) is 0 Å². The van der Waals surface area contributed by atoms with Crippen LogP contribution in [0.2, 0.25) is 0 Å². The first-order valence-electron chi connectivity index (χ1n) is 4.80. The lowest BCUT2D eigenvalue weighted by atomic mass is 10.1. The lowest BCUT2D eigenvalue weighted by Crippen LogP contribution is -2.10. The molecule has 0 fully saturated rings. The van der Waals surface area contributed by atoms with Crippen LogP contribution in [0, 0.1) is 25.7 Å². The van der Waals surface area contributed by atoms with Gasteiger partial charge in [-0.25, -0.2) is 0 Å². The third-order valence-electron chi connectivity index (χ3n) is 1.85. The number of nitrogens with zero attached hydrogens (tertiary/aromatic N) is 1. The van der Waals surface area contributed by atoms with E-state index < -0.39 is 0 Å². The quantitative estimate of drug-likeness (QED) is 0.609. The summed E-state index contributed by atoms with van der Waals surface area (Å²) in [5, 5.41) is 0. The first kappa shape index (κ1) is 10.8. The van der Waals surface area contributed by atoms with E-state index in [9.17, 15) is 0 Å². The third-order valence-corrected chi connectivity index (χ3v) is 1.85. The second-order valence-electron chi connectivity index (χ2n) is 3.92. The fraction of sp³-hybridized carbons (Fsp3) is 0.385. The van der Waals surface area contributed by atoms with Gasteiger partial charge in [0, 0.05) is 5.56 Å². The van der Waals surface area contributed by atoms with Crippen LogP contribution in [0.5, 0.6) is 0 Å². The zero-order valence-corrected chi connectivity index (χ0v) is 9.39. The Labute approximate surface area is 86.7 Å². The van der Waals surface area contributed by atoms with Crippen LogP contribution in [0.25, 0.3) is 0 Å². The molecule has 0 heterocycles. The Bertz CT molecular complexity index is 346. The van der Waals surface area contributed by atoms with Crippen LogP contribution in [-0.2, 0) is 0 Å². The van der Waals surface area contributed by atoms with Gasteiger partial charge in [-0.05, 0) is 51.2 Å². The van der Waals surface area contributed by atoms with Crippen LogP contribution in [0.3, 0.4) is 0 Å². The Balaban J connectivity index is 2.79. The molecule has 14 heavy (non-hydrogen) atoms. The zero-order chi connectivity index (χ0) is 10.6. The van der Waals surface area contributed by atoms with E-state index in [1.165, 1.54) is 11.1 Å². The molecular formula is C13H17N. The summed E-state index contributed by atoms with van der Waals surface area (Å²) in [4.78, 5) is 2.07. The van der Waals surface area contributed by atoms with Crippen LogP contribution in [0.1, 0.15) is 16.7 Å². The Morgan fingerprint density at radius 3 is 2.14 bits per heavy atom. The zero-order valence-electron chi connectivity index (χ0n) is 9.39. The average Bonchev–Trinajstić information content (AvgIpc) is 2.01. The number of aryl methyl sites for hydroxylation is 2. The Morgan fingerprint density at radius 2 is 1.64 bits per heavy atom. The molecule has 0 aliphatic carbocycles. The van der Waals surface area contributed by atoms with Crippen molar-refractivity contribution >= 4 is 0 Å². The molecule has 0 aliphatic rings. The Morgan fingerprint density at radius 1 is 1.07 bits per heavy atom. The van der Waals surface area contributed by atoms with Gasteiger partial charge in [0.2, 0.25) is 0 Å². The summed E-state index contributed by atoms with van der Waals surface area (Å²) in [6.45, 7) is 5.02. The minimum absolute atomic E-state index is 0.812. The highest BCUT2D eigenvalue weighted by atomic mass is 15.0. The van der Waals surface area contributed by atoms with Crippen molar-refractivity contribution in [3.8, 4) is 11.8 Å². The summed E-state index contributed by atoms with van der Waals surface area (Å²) in [7, 11) is 4.05. The summed E-state index contributed by atoms with van der Waals surface area (Å²) in [5.74, 6) is 6.30. The van der Waals surface area contributed by atoms with Crippen molar-refractivity contribution in [1.29, 1.82) is 0 Å². The van der Waals surface area contributed by atoms with Crippen LogP contribution >= 0.6 is 0 Å². The van der Waals surface area contributed by atoms with Gasteiger partial charge in [0.15, 0.2) is 0 Å². The van der Waals surface area contributed by atoms with Gasteiger partial charge >= 0.3 is 0 Å². The van der Waals surface area contributed by atoms with Crippen molar-refractivity contribution in [2.45, 2.75) is 13.8 Å². The molecule has 1 rings (SSSR count). The Hall–Kier alpha value is -1.26. The van der Waals surface area contributed by atoms with Crippen LogP contribution < -0.4 is 0 Å². The van der Waals surface area contributed by atoms with Gasteiger partial charge in [-0.15, -0.1) is 0 Å². The SMILES string of the molecule is Cc1cc(C)cc(C#CCN(C)C)c1. The minimum atomic E-state index is 0.812. The number of hydrogen-bond acceptors (Lipinski definition) is 1. The number of hydrogen-bond donors (Lipinski definition) is 0. The second-order valence-corrected chi connectivity index (χ2v) is 3.92. The smallest absolute Gasteiger partial charge is 0.0600 e. The summed E-state index contributed by atoms with van der Waals surface area (Å²) in [6.07, 6.45) is 0. The molecule has 0 saturated carbocycles. The fourth-order valence-electron chi connectivity index (χ4n) is 1.35. The molecule has 0 amide bonds. The molecular weight excluding hydrogens is 170 g/mol. The fourth-order valence-corrected chi connectivity index (χ4v) is 1.35. The molecule has 0 atom stereocenters. The average molecular weight is 187 g/mol. The molecule has 0 N–H and O–H groups in total. The van der Waals surface area contributed by atoms with Crippen molar-refractivity contribution in [2.75, 3.05) is 20.6 Å². The van der Waals surface area contributed by atoms with Crippen molar-refractivity contribution in [3.63, 3.8) is 0 Å². The summed E-state index contributed by atoms with van der Waals surface area (Å²) in [5.41, 5.74) is 3.67. The number of benzene rings is 1. The minimum Gasteiger partial charge on any atom is -0.299 e. The van der Waals surface area contributed by atoms with E-state index in [0.29, 0.717) is 0 Å². The van der Waals surface area contributed by atoms with E-state index >= 15 is 0 Å². The van der Waals surface area contributed by atoms with Crippen molar-refractivity contribution in [2.24, 2.45) is 0 Å². The first-order valence-corrected chi connectivity index (χ1v) is 4.80. The summed E-state index contributed by atoms with van der Waals surface area (Å²) in [6, 6.07) is 6.41. The van der Waals surface area contributed by atoms with Crippen molar-refractivity contribution < 1.29 is 0 Å². The monoisotopic (exact) mass is 187 g/mol. The molecule has 0 bridgehead atoms. The maximum Gasteiger partial charge on any atom is 0.0600 e. The highest BCUT2D eigenvalue weighted by Gasteiger charge is 1.91. The molecule has 1 aromatic carbocycles. The van der Waals surface area contributed by atoms with E-state index in [4.69, 9.17) is 0 Å². The lowest BCUT2D eigenvalue weighted by Gasteiger charge is -2.01. The van der Waals surface area contributed by atoms with Gasteiger partial charge in [0.1, 0.15) is 0 Å². The Kier molecular flexibility index (Phi) is 3.73. The van der Waals surface area contributed by atoms with Gasteiger partial charge in [-0.3, -0.25) is 4.90 Å². The highest BCUT2D eigenvalue weighted by molar-refractivity contribution is 5.40. The lowest BCUT2D eigenvalue weighted by molar-refractivity contribution is 0.464. The molecule has 1 heteroatoms. The van der Waals surface area contributed by atoms with Crippen molar-refractivity contribution in [3.05, 3.63) is 34.9 Å². The van der Waals surface area contributed by atoms with Gasteiger partial charge in [0.05, 0.1) is 6.54 Å². The van der Waals surface area contributed by atoms with Gasteiger partial charge in [-0.1, -0.05) is 17.9 Å². The molecule has 0 unspecified atom stereocenters. The molecule has 0 saturated heterocycles. The third kappa shape index (κ3) is 3.64. The highest BCUT2D eigenvalue weighted by Crippen LogP contribution is 2.07. The number of rotatable bonds is 1. The maximum absolute atomic E-state index is 3.17. The van der Waals surface area contributed by atoms with Crippen molar-refractivity contribution in [1.82, 2.24) is 4.90 Å². The molecule has 1 aromatic rings. The van der Waals surface area contributed by atoms with Crippen LogP contribution in [0.15, 0.2) is 18.2 Å². The molecule has 74 valence electrons. The largest absolute Gasteiger partial charge is 0.299 e. The van der Waals surface area contributed by atoms with E-state index in [0.717, 1.165) is 12.1 Å². The predicted molar refractivity (Wildman–Crippen MR) is 61.3 cm³/mol. The van der Waals surface area contributed by atoms with E-state index in [1.54, 1.807) is 0 Å².